The minimum atomic E-state index is -0.294. The Morgan fingerprint density at radius 3 is 0.980 bits per heavy atom. The minimum Gasteiger partial charge on any atom is -0.507 e. The Balaban J connectivity index is 1.34. The third-order valence-electron chi connectivity index (χ3n) is 12.4. The normalized spacial score (nSPS) is 22.5. The Morgan fingerprint density at radius 1 is 0.510 bits per heavy atom. The highest BCUT2D eigenvalue weighted by molar-refractivity contribution is 5.51. The van der Waals surface area contributed by atoms with E-state index in [1.165, 1.54) is 11.1 Å². The second-order valence-corrected chi connectivity index (χ2v) is 17.7. The fourth-order valence-corrected chi connectivity index (χ4v) is 6.83. The van der Waals surface area contributed by atoms with Gasteiger partial charge in [-0.05, 0) is 71.3 Å². The van der Waals surface area contributed by atoms with Crippen molar-refractivity contribution in [2.45, 2.75) is 169 Å². The van der Waals surface area contributed by atoms with Crippen LogP contribution in [0.1, 0.15) is 155 Å². The van der Waals surface area contributed by atoms with Gasteiger partial charge in [0.1, 0.15) is 11.5 Å². The van der Waals surface area contributed by atoms with Gasteiger partial charge in [0.25, 0.3) is 0 Å². The van der Waals surface area contributed by atoms with Crippen LogP contribution in [-0.4, -0.2) is 49.2 Å². The van der Waals surface area contributed by atoms with Crippen LogP contribution in [0.5, 0.6) is 11.5 Å². The maximum atomic E-state index is 11.3. The fraction of sp³-hybridized carbons (Fsp3) is 0.721. The summed E-state index contributed by atoms with van der Waals surface area (Å²) < 4.78 is 25.1. The molecule has 1 spiro atoms. The maximum absolute atomic E-state index is 11.3. The lowest BCUT2D eigenvalue weighted by Crippen LogP contribution is -2.52. The van der Waals surface area contributed by atoms with Crippen LogP contribution in [0.15, 0.2) is 24.3 Å². The standard InChI is InChI=1S/C43H68O6/c1-13-39(5,6)31-21-29(22-32(37(31)44)40(7,8)14-2)17-19-35-46-25-43(26-47-35)27-48-36(49-28-43)20-18-30-23-33(41(9,10)15-3)38(45)34(24-30)42(11,12)16-4/h21-24,35-36,44-45H,13-20,25-28H2,1-12H3. The average Bonchev–Trinajstić information content (AvgIpc) is 3.08. The maximum Gasteiger partial charge on any atom is 0.157 e. The number of rotatable bonds is 14. The van der Waals surface area contributed by atoms with E-state index in [4.69, 9.17) is 18.9 Å². The summed E-state index contributed by atoms with van der Waals surface area (Å²) in [6.07, 6.45) is 6.39. The highest BCUT2D eigenvalue weighted by Gasteiger charge is 2.42. The van der Waals surface area contributed by atoms with Gasteiger partial charge < -0.3 is 29.2 Å². The van der Waals surface area contributed by atoms with Crippen LogP contribution in [0.2, 0.25) is 0 Å². The number of hydrogen-bond acceptors (Lipinski definition) is 6. The zero-order valence-corrected chi connectivity index (χ0v) is 33.0. The molecule has 0 bridgehead atoms. The first-order valence-corrected chi connectivity index (χ1v) is 19.0. The van der Waals surface area contributed by atoms with Crippen molar-refractivity contribution in [2.75, 3.05) is 26.4 Å². The number of benzene rings is 2. The van der Waals surface area contributed by atoms with Gasteiger partial charge in [-0.2, -0.15) is 0 Å². The van der Waals surface area contributed by atoms with E-state index in [1.807, 2.05) is 0 Å². The predicted octanol–water partition coefficient (Wildman–Crippen LogP) is 10.1. The van der Waals surface area contributed by atoms with Gasteiger partial charge in [-0.25, -0.2) is 0 Å². The second kappa shape index (κ2) is 15.2. The second-order valence-electron chi connectivity index (χ2n) is 17.7. The predicted molar refractivity (Wildman–Crippen MR) is 200 cm³/mol. The molecule has 0 saturated carbocycles. The molecule has 2 aromatic rings. The van der Waals surface area contributed by atoms with E-state index >= 15 is 0 Å². The van der Waals surface area contributed by atoms with Crippen LogP contribution in [0.4, 0.5) is 0 Å². The Bertz CT molecular complexity index is 1220. The molecule has 2 N–H and O–H groups in total. The van der Waals surface area contributed by atoms with E-state index in [-0.39, 0.29) is 39.7 Å². The average molecular weight is 681 g/mol. The molecular formula is C43H68O6. The Morgan fingerprint density at radius 2 is 0.755 bits per heavy atom. The van der Waals surface area contributed by atoms with Crippen LogP contribution in [0, 0.1) is 5.41 Å². The quantitative estimate of drug-likeness (QED) is 0.207. The van der Waals surface area contributed by atoms with Crippen molar-refractivity contribution in [1.29, 1.82) is 0 Å². The van der Waals surface area contributed by atoms with E-state index in [1.54, 1.807) is 0 Å². The van der Waals surface area contributed by atoms with Crippen LogP contribution in [0.3, 0.4) is 0 Å². The molecule has 2 heterocycles. The fourth-order valence-electron chi connectivity index (χ4n) is 6.83. The molecule has 0 unspecified atom stereocenters. The molecule has 6 heteroatoms. The van der Waals surface area contributed by atoms with Crippen molar-refractivity contribution < 1.29 is 29.2 Å². The lowest BCUT2D eigenvalue weighted by atomic mass is 9.74. The molecule has 6 nitrogen and oxygen atoms in total. The first kappa shape index (κ1) is 39.7. The largest absolute Gasteiger partial charge is 0.507 e. The SMILES string of the molecule is CCC(C)(C)c1cc(CCC2OCC3(CO2)COC(CCc2cc(C(C)(C)CC)c(O)c(C(C)(C)CC)c2)OC3)cc(C(C)(C)CC)c1O. The molecule has 0 radical (unpaired) electrons. The molecular weight excluding hydrogens is 612 g/mol. The molecule has 49 heavy (non-hydrogen) atoms. The van der Waals surface area contributed by atoms with E-state index in [0.717, 1.165) is 73.6 Å². The van der Waals surface area contributed by atoms with Gasteiger partial charge >= 0.3 is 0 Å². The molecule has 0 aliphatic carbocycles. The summed E-state index contributed by atoms with van der Waals surface area (Å²) in [4.78, 5) is 0. The number of phenolic OH excluding ortho intramolecular Hbond substituents is 2. The van der Waals surface area contributed by atoms with E-state index in [2.05, 4.69) is 107 Å². The Hall–Kier alpha value is -2.12. The van der Waals surface area contributed by atoms with Crippen molar-refractivity contribution in [3.8, 4) is 11.5 Å². The first-order valence-electron chi connectivity index (χ1n) is 19.0. The molecule has 4 rings (SSSR count). The number of aryl methyl sites for hydroxylation is 2. The van der Waals surface area contributed by atoms with Crippen molar-refractivity contribution in [3.05, 3.63) is 57.6 Å². The minimum absolute atomic E-state index is 0.115. The molecule has 0 amide bonds. The van der Waals surface area contributed by atoms with Crippen molar-refractivity contribution in [3.63, 3.8) is 0 Å². The highest BCUT2D eigenvalue weighted by atomic mass is 16.7. The summed E-state index contributed by atoms with van der Waals surface area (Å²) in [5.74, 6) is 0.896. The number of ether oxygens (including phenoxy) is 4. The first-order chi connectivity index (χ1) is 22.8. The Kier molecular flexibility index (Phi) is 12.3. The monoisotopic (exact) mass is 681 g/mol. The third-order valence-corrected chi connectivity index (χ3v) is 12.4. The molecule has 2 fully saturated rings. The third kappa shape index (κ3) is 8.86. The van der Waals surface area contributed by atoms with Gasteiger partial charge in [-0.15, -0.1) is 0 Å². The van der Waals surface area contributed by atoms with E-state index < -0.39 is 0 Å². The zero-order valence-electron chi connectivity index (χ0n) is 33.0. The van der Waals surface area contributed by atoms with Crippen LogP contribution < -0.4 is 0 Å². The van der Waals surface area contributed by atoms with Gasteiger partial charge in [0, 0.05) is 35.1 Å². The molecule has 0 aromatic heterocycles. The zero-order chi connectivity index (χ0) is 36.4. The summed E-state index contributed by atoms with van der Waals surface area (Å²) in [6.45, 7) is 28.6. The lowest BCUT2D eigenvalue weighted by molar-refractivity contribution is -0.303. The van der Waals surface area contributed by atoms with E-state index in [9.17, 15) is 10.2 Å². The van der Waals surface area contributed by atoms with Gasteiger partial charge in [-0.1, -0.05) is 107 Å². The summed E-state index contributed by atoms with van der Waals surface area (Å²) >= 11 is 0. The number of phenols is 2. The van der Waals surface area contributed by atoms with Crippen LogP contribution in [0.25, 0.3) is 0 Å². The summed E-state index contributed by atoms with van der Waals surface area (Å²) in [5.41, 5.74) is 5.79. The molecule has 2 aliphatic rings. The molecule has 2 saturated heterocycles. The van der Waals surface area contributed by atoms with Gasteiger partial charge in [0.05, 0.1) is 31.8 Å². The molecule has 2 aromatic carbocycles. The lowest BCUT2D eigenvalue weighted by Gasteiger charge is -2.43. The summed E-state index contributed by atoms with van der Waals surface area (Å²) in [5, 5.41) is 22.7. The van der Waals surface area contributed by atoms with Crippen LogP contribution >= 0.6 is 0 Å². The molecule has 276 valence electrons. The highest BCUT2D eigenvalue weighted by Crippen LogP contribution is 2.44. The topological polar surface area (TPSA) is 77.4 Å². The molecule has 2 aliphatic heterocycles. The summed E-state index contributed by atoms with van der Waals surface area (Å²) in [6, 6.07) is 8.76. The smallest absolute Gasteiger partial charge is 0.157 e. The van der Waals surface area contributed by atoms with E-state index in [0.29, 0.717) is 37.9 Å². The molecule has 0 atom stereocenters. The van der Waals surface area contributed by atoms with Crippen LogP contribution in [-0.2, 0) is 53.4 Å². The van der Waals surface area contributed by atoms with Crippen molar-refractivity contribution in [2.24, 2.45) is 5.41 Å². The summed E-state index contributed by atoms with van der Waals surface area (Å²) in [7, 11) is 0. The van der Waals surface area contributed by atoms with Gasteiger partial charge in [0.15, 0.2) is 12.6 Å². The van der Waals surface area contributed by atoms with Crippen molar-refractivity contribution >= 4 is 0 Å². The van der Waals surface area contributed by atoms with Gasteiger partial charge in [0.2, 0.25) is 0 Å². The number of hydrogen-bond donors (Lipinski definition) is 2. The van der Waals surface area contributed by atoms with Gasteiger partial charge in [-0.3, -0.25) is 0 Å². The van der Waals surface area contributed by atoms with Crippen molar-refractivity contribution in [1.82, 2.24) is 0 Å². The Labute approximate surface area is 298 Å². The number of aromatic hydroxyl groups is 2.